The van der Waals surface area contributed by atoms with E-state index in [0.29, 0.717) is 63.2 Å². The van der Waals surface area contributed by atoms with Crippen LogP contribution in [0.25, 0.3) is 0 Å². The lowest BCUT2D eigenvalue weighted by atomic mass is 9.91. The molecule has 0 aliphatic carbocycles. The number of ether oxygens (including phenoxy) is 1. The Morgan fingerprint density at radius 2 is 1.27 bits per heavy atom. The van der Waals surface area contributed by atoms with Crippen LogP contribution in [0.5, 0.6) is 0 Å². The molecular weight excluding hydrogens is 719 g/mol. The maximum atomic E-state index is 13.5. The van der Waals surface area contributed by atoms with Gasteiger partial charge in [0.1, 0.15) is 17.5 Å². The lowest BCUT2D eigenvalue weighted by Gasteiger charge is -2.37. The monoisotopic (exact) mass is 752 g/mol. The number of sulfone groups is 1. The van der Waals surface area contributed by atoms with Crippen LogP contribution < -0.4 is 0 Å². The predicted octanol–water partition coefficient (Wildman–Crippen LogP) is 6.96. The van der Waals surface area contributed by atoms with Crippen molar-refractivity contribution in [3.63, 3.8) is 0 Å². The Kier molecular flexibility index (Phi) is 12.2. The number of piperidine rings is 1. The van der Waals surface area contributed by atoms with Crippen molar-refractivity contribution in [1.29, 1.82) is 0 Å². The maximum absolute atomic E-state index is 13.5. The van der Waals surface area contributed by atoms with Gasteiger partial charge in [-0.1, -0.05) is 36.4 Å². The molecule has 2 aliphatic heterocycles. The SMILES string of the molecule is CC(=O)N1CCC(C(=O)N2CCC(S(=O)(=O)c3ccc(F)cc3)C2)CC1.Fc1cccc(F)c1COC(c1ccccc1)(C(F)(F)F)C(F)(F)F. The average molecular weight is 753 g/mol. The minimum absolute atomic E-state index is 0.0162. The third kappa shape index (κ3) is 8.68. The van der Waals surface area contributed by atoms with Crippen LogP contribution >= 0.6 is 0 Å². The second kappa shape index (κ2) is 15.6. The number of carbonyl (C=O) groups is 2. The molecular formula is C34H33F9N2O5S. The van der Waals surface area contributed by atoms with Crippen LogP contribution in [0.15, 0.2) is 77.7 Å². The number of nitrogens with zero attached hydrogens (tertiary/aromatic N) is 2. The predicted molar refractivity (Wildman–Crippen MR) is 165 cm³/mol. The number of likely N-dealkylation sites (tertiary alicyclic amines) is 2. The molecule has 0 spiro atoms. The highest BCUT2D eigenvalue weighted by atomic mass is 32.2. The molecule has 3 aromatic rings. The third-order valence-electron chi connectivity index (χ3n) is 8.80. The zero-order valence-corrected chi connectivity index (χ0v) is 27.8. The van der Waals surface area contributed by atoms with Crippen molar-refractivity contribution in [3.8, 4) is 0 Å². The minimum Gasteiger partial charge on any atom is -0.349 e. The van der Waals surface area contributed by atoms with Gasteiger partial charge in [0.05, 0.1) is 16.8 Å². The first-order valence-electron chi connectivity index (χ1n) is 15.6. The topological polar surface area (TPSA) is 84.0 Å². The quantitative estimate of drug-likeness (QED) is 0.193. The van der Waals surface area contributed by atoms with Gasteiger partial charge in [-0.25, -0.2) is 21.6 Å². The Bertz CT molecular complexity index is 1740. The first kappa shape index (κ1) is 39.7. The van der Waals surface area contributed by atoms with E-state index >= 15 is 0 Å². The Morgan fingerprint density at radius 1 is 0.745 bits per heavy atom. The van der Waals surface area contributed by atoms with Gasteiger partial charge < -0.3 is 14.5 Å². The van der Waals surface area contributed by atoms with Crippen LogP contribution in [0, 0.1) is 23.4 Å². The van der Waals surface area contributed by atoms with Gasteiger partial charge in [0.15, 0.2) is 9.84 Å². The molecule has 3 aromatic carbocycles. The van der Waals surface area contributed by atoms with Crippen LogP contribution in [0.1, 0.15) is 37.3 Å². The van der Waals surface area contributed by atoms with E-state index in [9.17, 15) is 57.5 Å². The minimum atomic E-state index is -5.92. The van der Waals surface area contributed by atoms with Gasteiger partial charge in [0, 0.05) is 50.1 Å². The van der Waals surface area contributed by atoms with Crippen molar-refractivity contribution in [2.75, 3.05) is 26.2 Å². The molecule has 2 fully saturated rings. The molecule has 5 rings (SSSR count). The normalized spacial score (nSPS) is 17.6. The molecule has 51 heavy (non-hydrogen) atoms. The lowest BCUT2D eigenvalue weighted by Crippen LogP contribution is -2.55. The number of amides is 2. The summed E-state index contributed by atoms with van der Waals surface area (Å²) in [7, 11) is -3.59. The molecule has 2 amide bonds. The number of carbonyl (C=O) groups excluding carboxylic acids is 2. The van der Waals surface area contributed by atoms with Crippen molar-refractivity contribution in [2.45, 2.75) is 60.9 Å². The summed E-state index contributed by atoms with van der Waals surface area (Å²) in [5.41, 5.74) is -7.00. The van der Waals surface area contributed by atoms with E-state index in [4.69, 9.17) is 0 Å². The number of halogens is 9. The molecule has 2 aliphatic rings. The van der Waals surface area contributed by atoms with E-state index < -0.39 is 68.2 Å². The fourth-order valence-electron chi connectivity index (χ4n) is 5.96. The number of hydrogen-bond acceptors (Lipinski definition) is 5. The van der Waals surface area contributed by atoms with Crippen molar-refractivity contribution in [2.24, 2.45) is 5.92 Å². The smallest absolute Gasteiger partial charge is 0.349 e. The zero-order chi connectivity index (χ0) is 37.8. The third-order valence-corrected chi connectivity index (χ3v) is 11.0. The Balaban J connectivity index is 0.000000229. The highest BCUT2D eigenvalue weighted by molar-refractivity contribution is 7.92. The van der Waals surface area contributed by atoms with Crippen LogP contribution in [-0.4, -0.2) is 73.8 Å². The van der Waals surface area contributed by atoms with Crippen LogP contribution in [-0.2, 0) is 36.4 Å². The Morgan fingerprint density at radius 3 is 1.78 bits per heavy atom. The van der Waals surface area contributed by atoms with Gasteiger partial charge in [0.2, 0.25) is 11.8 Å². The Labute approximate surface area is 287 Å². The van der Waals surface area contributed by atoms with Crippen molar-refractivity contribution >= 4 is 21.7 Å². The fourth-order valence-corrected chi connectivity index (χ4v) is 7.65. The molecule has 0 saturated carbocycles. The summed E-state index contributed by atoms with van der Waals surface area (Å²) in [5, 5.41) is -0.658. The van der Waals surface area contributed by atoms with Crippen LogP contribution in [0.3, 0.4) is 0 Å². The molecule has 1 atom stereocenters. The molecule has 0 radical (unpaired) electrons. The van der Waals surface area contributed by atoms with Gasteiger partial charge in [-0.3, -0.25) is 9.59 Å². The summed E-state index contributed by atoms with van der Waals surface area (Å²) in [5.74, 6) is -3.27. The van der Waals surface area contributed by atoms with Crippen molar-refractivity contribution in [3.05, 3.63) is 101 Å². The number of rotatable bonds is 7. The van der Waals surface area contributed by atoms with Crippen molar-refractivity contribution in [1.82, 2.24) is 9.80 Å². The van der Waals surface area contributed by atoms with E-state index in [1.165, 1.54) is 25.1 Å². The van der Waals surface area contributed by atoms with Gasteiger partial charge in [-0.15, -0.1) is 0 Å². The molecule has 2 saturated heterocycles. The van der Waals surface area contributed by atoms with Crippen LogP contribution in [0.4, 0.5) is 39.5 Å². The second-order valence-corrected chi connectivity index (χ2v) is 14.2. The van der Waals surface area contributed by atoms with E-state index in [1.54, 1.807) is 9.80 Å². The van der Waals surface area contributed by atoms with E-state index in [2.05, 4.69) is 4.74 Å². The summed E-state index contributed by atoms with van der Waals surface area (Å²) in [6.07, 6.45) is -10.2. The summed E-state index contributed by atoms with van der Waals surface area (Å²) in [4.78, 5) is 27.5. The first-order valence-corrected chi connectivity index (χ1v) is 17.1. The summed E-state index contributed by atoms with van der Waals surface area (Å²) < 4.78 is 150. The molecule has 0 N–H and O–H groups in total. The van der Waals surface area contributed by atoms with Gasteiger partial charge in [-0.05, 0) is 55.7 Å². The highest BCUT2D eigenvalue weighted by Crippen LogP contribution is 2.53. The summed E-state index contributed by atoms with van der Waals surface area (Å²) in [6.45, 7) is 1.68. The summed E-state index contributed by atoms with van der Waals surface area (Å²) in [6, 6.07) is 11.4. The second-order valence-electron chi connectivity index (χ2n) is 12.0. The molecule has 2 heterocycles. The van der Waals surface area contributed by atoms with Crippen LogP contribution in [0.2, 0.25) is 0 Å². The standard InChI is InChI=1S/C18H23FN2O4S.C16H10F8O/c1-13(22)20-9-6-14(7-10-20)18(23)21-11-8-17(12-21)26(24,25)16-4-2-15(19)3-5-16;17-12-7-4-8-13(18)11(12)9-25-14(15(19,20)21,16(22,23)24)10-5-2-1-3-6-10/h2-5,14,17H,6-12H2,1H3;1-8H,9H2. The number of alkyl halides is 6. The first-order chi connectivity index (χ1) is 23.8. The lowest BCUT2D eigenvalue weighted by molar-refractivity contribution is -0.392. The highest BCUT2D eigenvalue weighted by Gasteiger charge is 2.73. The van der Waals surface area contributed by atoms with E-state index in [0.717, 1.165) is 30.3 Å². The van der Waals surface area contributed by atoms with Gasteiger partial charge in [0.25, 0.3) is 5.60 Å². The number of benzene rings is 3. The molecule has 7 nitrogen and oxygen atoms in total. The molecule has 0 aromatic heterocycles. The molecule has 1 unspecified atom stereocenters. The fraction of sp³-hybridized carbons (Fsp3) is 0.412. The maximum Gasteiger partial charge on any atom is 0.430 e. The van der Waals surface area contributed by atoms with Gasteiger partial charge in [-0.2, -0.15) is 26.3 Å². The molecule has 0 bridgehead atoms. The van der Waals surface area contributed by atoms with E-state index in [1.807, 2.05) is 0 Å². The average Bonchev–Trinajstić information content (AvgIpc) is 3.57. The molecule has 278 valence electrons. The van der Waals surface area contributed by atoms with Gasteiger partial charge >= 0.3 is 12.4 Å². The molecule has 17 heteroatoms. The number of hydrogen-bond donors (Lipinski definition) is 0. The van der Waals surface area contributed by atoms with Crippen molar-refractivity contribution < 1.29 is 62.3 Å². The van der Waals surface area contributed by atoms with E-state index in [-0.39, 0.29) is 29.2 Å². The zero-order valence-electron chi connectivity index (χ0n) is 27.0. The largest absolute Gasteiger partial charge is 0.430 e. The Hall–Kier alpha value is -4.12. The summed E-state index contributed by atoms with van der Waals surface area (Å²) >= 11 is 0.